The molecule has 0 saturated carbocycles. The van der Waals surface area contributed by atoms with Gasteiger partial charge in [-0.25, -0.2) is 28.8 Å². The number of hydrogen-bond donors (Lipinski definition) is 6. The molecule has 0 aliphatic rings. The van der Waals surface area contributed by atoms with Gasteiger partial charge in [0.1, 0.15) is 0 Å². The van der Waals surface area contributed by atoms with Crippen molar-refractivity contribution >= 4 is 35.8 Å². The molecule has 3 rings (SSSR count). The fourth-order valence-electron chi connectivity index (χ4n) is 2.27. The molecule has 0 heterocycles. The summed E-state index contributed by atoms with van der Waals surface area (Å²) in [7, 11) is 0. The molecule has 14 heteroatoms. The van der Waals surface area contributed by atoms with Gasteiger partial charge in [-0.2, -0.15) is 0 Å². The van der Waals surface area contributed by atoms with Crippen LogP contribution < -0.4 is 0 Å². The summed E-state index contributed by atoms with van der Waals surface area (Å²) in [5, 5.41) is 50.8. The number of carboxylic acids is 6. The van der Waals surface area contributed by atoms with Gasteiger partial charge in [-0.15, -0.1) is 0 Å². The molecule has 192 valence electrons. The Kier molecular flexibility index (Phi) is 17.7. The van der Waals surface area contributed by atoms with Crippen LogP contribution in [0.1, 0.15) is 62.1 Å². The summed E-state index contributed by atoms with van der Waals surface area (Å²) in [6.45, 7) is 0. The van der Waals surface area contributed by atoms with E-state index in [4.69, 9.17) is 30.6 Å². The minimum Gasteiger partial charge on any atom is -0.478 e. The molecule has 6 N–H and O–H groups in total. The summed E-state index contributed by atoms with van der Waals surface area (Å²) in [6, 6.07) is 15.1. The van der Waals surface area contributed by atoms with Crippen LogP contribution in [0.15, 0.2) is 72.8 Å². The van der Waals surface area contributed by atoms with Crippen LogP contribution >= 0.6 is 0 Å². The first-order chi connectivity index (χ1) is 16.8. The van der Waals surface area contributed by atoms with E-state index in [1.54, 1.807) is 0 Å². The maximum absolute atomic E-state index is 10.3. The summed E-state index contributed by atoms with van der Waals surface area (Å²) < 4.78 is 0. The van der Waals surface area contributed by atoms with Crippen molar-refractivity contribution in [2.75, 3.05) is 0 Å². The second-order valence-corrected chi connectivity index (χ2v) is 6.56. The molecule has 0 atom stereocenters. The standard InChI is InChI=1S/3C8H6O4.2La/c3*9-7(10)5-1-2-6(4-3-5)8(11)12;;/h3*1-4H,(H,9,10)(H,11,12);;. The van der Waals surface area contributed by atoms with Gasteiger partial charge in [-0.1, -0.05) is 0 Å². The van der Waals surface area contributed by atoms with E-state index < -0.39 is 35.8 Å². The van der Waals surface area contributed by atoms with Crippen molar-refractivity contribution in [1.82, 2.24) is 0 Å². The van der Waals surface area contributed by atoms with E-state index >= 15 is 0 Å². The Bertz CT molecular complexity index is 1010. The normalized spacial score (nSPS) is 8.84. The van der Waals surface area contributed by atoms with Crippen LogP contribution in [0.5, 0.6) is 0 Å². The third-order valence-corrected chi connectivity index (χ3v) is 4.14. The van der Waals surface area contributed by atoms with E-state index in [1.165, 1.54) is 72.8 Å². The van der Waals surface area contributed by atoms with Crippen LogP contribution in [0, 0.1) is 71.2 Å². The van der Waals surface area contributed by atoms with Crippen molar-refractivity contribution in [2.24, 2.45) is 0 Å². The topological polar surface area (TPSA) is 224 Å². The van der Waals surface area contributed by atoms with Crippen molar-refractivity contribution in [3.05, 3.63) is 106 Å². The minimum atomic E-state index is -1.06. The van der Waals surface area contributed by atoms with Crippen LogP contribution in [0.25, 0.3) is 0 Å². The van der Waals surface area contributed by atoms with E-state index in [0.717, 1.165) is 0 Å². The predicted octanol–water partition coefficient (Wildman–Crippen LogP) is 3.25. The molecule has 0 spiro atoms. The average Bonchev–Trinajstić information content (AvgIpc) is 2.84. The zero-order valence-corrected chi connectivity index (χ0v) is 26.5. The molecule has 0 amide bonds. The summed E-state index contributed by atoms with van der Waals surface area (Å²) in [5.74, 6) is -6.38. The van der Waals surface area contributed by atoms with Gasteiger partial charge < -0.3 is 30.6 Å². The summed E-state index contributed by atoms with van der Waals surface area (Å²) in [6.07, 6.45) is 0. The summed E-state index contributed by atoms with van der Waals surface area (Å²) in [4.78, 5) is 62.0. The minimum absolute atomic E-state index is 0. The molecule has 2 radical (unpaired) electrons. The van der Waals surface area contributed by atoms with Crippen molar-refractivity contribution in [3.63, 3.8) is 0 Å². The summed E-state index contributed by atoms with van der Waals surface area (Å²) >= 11 is 0. The third kappa shape index (κ3) is 12.9. The molecule has 0 aliphatic carbocycles. The molecule has 3 aromatic carbocycles. The van der Waals surface area contributed by atoms with Gasteiger partial charge in [0.05, 0.1) is 33.4 Å². The largest absolute Gasteiger partial charge is 0.478 e. The Hall–Kier alpha value is -3.13. The SMILES string of the molecule is O=C(O)c1ccc(C(=O)O)cc1.O=C(O)c1ccc(C(=O)O)cc1.O=C(O)c1ccc(C(=O)O)cc1.[La].[La]. The number of aromatic carboxylic acids is 6. The maximum atomic E-state index is 10.3. The van der Waals surface area contributed by atoms with Crippen molar-refractivity contribution < 1.29 is 131 Å². The van der Waals surface area contributed by atoms with E-state index in [0.29, 0.717) is 0 Å². The van der Waals surface area contributed by atoms with Gasteiger partial charge in [-0.05, 0) is 72.8 Å². The Morgan fingerprint density at radius 1 is 0.289 bits per heavy atom. The number of carbonyl (C=O) groups is 6. The van der Waals surface area contributed by atoms with Crippen molar-refractivity contribution in [1.29, 1.82) is 0 Å². The van der Waals surface area contributed by atoms with Gasteiger partial charge in [0, 0.05) is 71.2 Å². The van der Waals surface area contributed by atoms with Crippen LogP contribution in [0.3, 0.4) is 0 Å². The Morgan fingerprint density at radius 3 is 0.421 bits per heavy atom. The number of rotatable bonds is 6. The molecule has 0 fully saturated rings. The van der Waals surface area contributed by atoms with E-state index in [2.05, 4.69) is 0 Å². The third-order valence-electron chi connectivity index (χ3n) is 4.14. The maximum Gasteiger partial charge on any atom is 0.335 e. The molecular weight excluding hydrogens is 758 g/mol. The van der Waals surface area contributed by atoms with Gasteiger partial charge in [0.25, 0.3) is 0 Å². The van der Waals surface area contributed by atoms with Crippen LogP contribution in [0.4, 0.5) is 0 Å². The fourth-order valence-corrected chi connectivity index (χ4v) is 2.27. The van der Waals surface area contributed by atoms with Gasteiger partial charge in [0.15, 0.2) is 0 Å². The van der Waals surface area contributed by atoms with Gasteiger partial charge in [0.2, 0.25) is 0 Å². The van der Waals surface area contributed by atoms with Crippen LogP contribution in [-0.4, -0.2) is 66.5 Å². The zero-order chi connectivity index (χ0) is 27.4. The smallest absolute Gasteiger partial charge is 0.335 e. The molecule has 0 aromatic heterocycles. The molecule has 3 aromatic rings. The molecule has 0 bridgehead atoms. The number of benzene rings is 3. The van der Waals surface area contributed by atoms with Crippen LogP contribution in [0.2, 0.25) is 0 Å². The van der Waals surface area contributed by atoms with Gasteiger partial charge >= 0.3 is 35.8 Å². The van der Waals surface area contributed by atoms with E-state index in [9.17, 15) is 28.8 Å². The Balaban J connectivity index is 0. The zero-order valence-electron chi connectivity index (χ0n) is 19.2. The Morgan fingerprint density at radius 2 is 0.368 bits per heavy atom. The first-order valence-electron chi connectivity index (χ1n) is 9.53. The van der Waals surface area contributed by atoms with Crippen LogP contribution in [-0.2, 0) is 0 Å². The molecule has 0 aliphatic heterocycles. The molecular formula is C24H18La2O12. The first-order valence-corrected chi connectivity index (χ1v) is 9.53. The van der Waals surface area contributed by atoms with Crippen molar-refractivity contribution in [2.45, 2.75) is 0 Å². The number of hydrogen-bond acceptors (Lipinski definition) is 6. The molecule has 38 heavy (non-hydrogen) atoms. The van der Waals surface area contributed by atoms with Crippen molar-refractivity contribution in [3.8, 4) is 0 Å². The Labute approximate surface area is 270 Å². The average molecular weight is 776 g/mol. The quantitative estimate of drug-likeness (QED) is 0.212. The summed E-state index contributed by atoms with van der Waals surface area (Å²) in [5.41, 5.74) is 0.500. The van der Waals surface area contributed by atoms with E-state index in [1.807, 2.05) is 0 Å². The monoisotopic (exact) mass is 776 g/mol. The first kappa shape index (κ1) is 37.0. The van der Waals surface area contributed by atoms with E-state index in [-0.39, 0.29) is 105 Å². The second kappa shape index (κ2) is 18.2. The number of carboxylic acid groups (broad SMARTS) is 6. The molecule has 0 saturated heterocycles. The fraction of sp³-hybridized carbons (Fsp3) is 0. The predicted molar refractivity (Wildman–Crippen MR) is 121 cm³/mol. The second-order valence-electron chi connectivity index (χ2n) is 6.56. The molecule has 0 unspecified atom stereocenters. The molecule has 12 nitrogen and oxygen atoms in total. The van der Waals surface area contributed by atoms with Gasteiger partial charge in [-0.3, -0.25) is 0 Å².